The van der Waals surface area contributed by atoms with E-state index >= 15 is 0 Å². The summed E-state index contributed by atoms with van der Waals surface area (Å²) in [4.78, 5) is 0. The number of para-hydroxylation sites is 2. The van der Waals surface area contributed by atoms with Crippen LogP contribution in [0.2, 0.25) is 0 Å². The Morgan fingerprint density at radius 2 is 1.58 bits per heavy atom. The van der Waals surface area contributed by atoms with Crippen LogP contribution in [0.3, 0.4) is 0 Å². The zero-order valence-electron chi connectivity index (χ0n) is 10.8. The van der Waals surface area contributed by atoms with E-state index in [1.807, 2.05) is 42.5 Å². The first-order chi connectivity index (χ1) is 9.38. The van der Waals surface area contributed by atoms with Gasteiger partial charge >= 0.3 is 7.12 Å². The van der Waals surface area contributed by atoms with Crippen LogP contribution >= 0.6 is 0 Å². The van der Waals surface area contributed by atoms with Gasteiger partial charge in [0.2, 0.25) is 0 Å². The molecule has 1 aliphatic heterocycles. The molecule has 2 aromatic carbocycles. The molecule has 1 heterocycles. The normalized spacial score (nSPS) is 12.8. The second-order valence-electron chi connectivity index (χ2n) is 4.46. The SMILES string of the molecule is COCCc1ccccc1B1Oc2ccccc2O1. The number of hydrogen-bond donors (Lipinski definition) is 0. The number of methoxy groups -OCH3 is 1. The van der Waals surface area contributed by atoms with Crippen molar-refractivity contribution in [2.45, 2.75) is 6.42 Å². The molecule has 4 heteroatoms. The Hall–Kier alpha value is -1.94. The van der Waals surface area contributed by atoms with Crippen molar-refractivity contribution >= 4 is 12.6 Å². The predicted octanol–water partition coefficient (Wildman–Crippen LogP) is 2.04. The highest BCUT2D eigenvalue weighted by Crippen LogP contribution is 2.32. The van der Waals surface area contributed by atoms with Crippen molar-refractivity contribution in [3.63, 3.8) is 0 Å². The second kappa shape index (κ2) is 5.37. The Morgan fingerprint density at radius 1 is 0.947 bits per heavy atom. The van der Waals surface area contributed by atoms with Gasteiger partial charge in [-0.1, -0.05) is 36.4 Å². The molecule has 0 atom stereocenters. The van der Waals surface area contributed by atoms with E-state index in [1.54, 1.807) is 7.11 Å². The smallest absolute Gasteiger partial charge is 0.519 e. The van der Waals surface area contributed by atoms with Gasteiger partial charge in [-0.15, -0.1) is 0 Å². The molecule has 0 spiro atoms. The molecular formula is C15H15BO3. The molecule has 0 aliphatic carbocycles. The maximum absolute atomic E-state index is 5.85. The fourth-order valence-corrected chi connectivity index (χ4v) is 2.23. The van der Waals surface area contributed by atoms with Crippen LogP contribution < -0.4 is 14.8 Å². The molecule has 0 aromatic heterocycles. The Morgan fingerprint density at radius 3 is 2.26 bits per heavy atom. The second-order valence-corrected chi connectivity index (χ2v) is 4.46. The van der Waals surface area contributed by atoms with E-state index in [0.29, 0.717) is 6.61 Å². The average Bonchev–Trinajstić information content (AvgIpc) is 2.89. The third-order valence-corrected chi connectivity index (χ3v) is 3.20. The minimum Gasteiger partial charge on any atom is -0.519 e. The largest absolute Gasteiger partial charge is 0.633 e. The fraction of sp³-hybridized carbons (Fsp3) is 0.200. The summed E-state index contributed by atoms with van der Waals surface area (Å²) in [5, 5.41) is 0. The van der Waals surface area contributed by atoms with Gasteiger partial charge in [-0.25, -0.2) is 0 Å². The van der Waals surface area contributed by atoms with Gasteiger partial charge in [0.15, 0.2) is 0 Å². The molecular weight excluding hydrogens is 239 g/mol. The molecule has 0 saturated carbocycles. The van der Waals surface area contributed by atoms with Gasteiger partial charge in [0.25, 0.3) is 0 Å². The van der Waals surface area contributed by atoms with Crippen LogP contribution in [0, 0.1) is 0 Å². The summed E-state index contributed by atoms with van der Waals surface area (Å²) in [5.74, 6) is 1.60. The Balaban J connectivity index is 1.84. The van der Waals surface area contributed by atoms with E-state index in [-0.39, 0.29) is 7.12 Å². The Bertz CT molecular complexity index is 546. The van der Waals surface area contributed by atoms with E-state index < -0.39 is 0 Å². The fourth-order valence-electron chi connectivity index (χ4n) is 2.23. The maximum Gasteiger partial charge on any atom is 0.633 e. The summed E-state index contributed by atoms with van der Waals surface area (Å²) >= 11 is 0. The first kappa shape index (κ1) is 12.1. The minimum absolute atomic E-state index is 0.356. The first-order valence-corrected chi connectivity index (χ1v) is 6.37. The number of fused-ring (bicyclic) bond motifs is 1. The highest BCUT2D eigenvalue weighted by molar-refractivity contribution is 6.64. The summed E-state index contributed by atoms with van der Waals surface area (Å²) in [7, 11) is 1.35. The summed E-state index contributed by atoms with van der Waals surface area (Å²) in [6, 6.07) is 15.9. The van der Waals surface area contributed by atoms with Gasteiger partial charge in [-0.05, 0) is 24.1 Å². The molecule has 3 rings (SSSR count). The first-order valence-electron chi connectivity index (χ1n) is 6.37. The van der Waals surface area contributed by atoms with E-state index in [2.05, 4.69) is 6.07 Å². The lowest BCUT2D eigenvalue weighted by atomic mass is 9.75. The summed E-state index contributed by atoms with van der Waals surface area (Å²) in [5.41, 5.74) is 2.26. The van der Waals surface area contributed by atoms with Crippen LogP contribution in [-0.4, -0.2) is 20.8 Å². The lowest BCUT2D eigenvalue weighted by Gasteiger charge is -2.10. The third kappa shape index (κ3) is 2.44. The average molecular weight is 254 g/mol. The summed E-state index contributed by atoms with van der Waals surface area (Å²) in [6.07, 6.45) is 0.853. The van der Waals surface area contributed by atoms with E-state index in [0.717, 1.165) is 23.4 Å². The number of hydrogen-bond acceptors (Lipinski definition) is 3. The van der Waals surface area contributed by atoms with E-state index in [9.17, 15) is 0 Å². The number of ether oxygens (including phenoxy) is 1. The maximum atomic E-state index is 5.85. The van der Waals surface area contributed by atoms with Gasteiger partial charge in [0, 0.05) is 12.6 Å². The number of rotatable bonds is 4. The van der Waals surface area contributed by atoms with Gasteiger partial charge in [-0.2, -0.15) is 0 Å². The molecule has 0 N–H and O–H groups in total. The van der Waals surface area contributed by atoms with E-state index in [4.69, 9.17) is 14.0 Å². The van der Waals surface area contributed by atoms with Gasteiger partial charge in [-0.3, -0.25) is 0 Å². The van der Waals surface area contributed by atoms with Crippen molar-refractivity contribution in [3.8, 4) is 11.5 Å². The van der Waals surface area contributed by atoms with Crippen molar-refractivity contribution in [1.29, 1.82) is 0 Å². The van der Waals surface area contributed by atoms with Crippen LogP contribution in [0.1, 0.15) is 5.56 Å². The topological polar surface area (TPSA) is 27.7 Å². The van der Waals surface area contributed by atoms with Crippen LogP contribution in [0.4, 0.5) is 0 Å². The van der Waals surface area contributed by atoms with Crippen molar-refractivity contribution in [2.24, 2.45) is 0 Å². The van der Waals surface area contributed by atoms with Crippen LogP contribution in [-0.2, 0) is 11.2 Å². The Kier molecular flexibility index (Phi) is 3.42. The molecule has 0 amide bonds. The molecule has 3 nitrogen and oxygen atoms in total. The van der Waals surface area contributed by atoms with Crippen LogP contribution in [0.5, 0.6) is 11.5 Å². The summed E-state index contributed by atoms with van der Waals surface area (Å²) in [6.45, 7) is 0.691. The molecule has 0 unspecified atom stereocenters. The predicted molar refractivity (Wildman–Crippen MR) is 75.1 cm³/mol. The molecule has 19 heavy (non-hydrogen) atoms. The van der Waals surface area contributed by atoms with Crippen molar-refractivity contribution < 1.29 is 14.0 Å². The molecule has 2 aromatic rings. The van der Waals surface area contributed by atoms with E-state index in [1.165, 1.54) is 5.56 Å². The molecule has 0 radical (unpaired) electrons. The standard InChI is InChI=1S/C15H15BO3/c1-17-11-10-12-6-2-3-7-13(12)16-18-14-8-4-5-9-15(14)19-16/h2-9H,10-11H2,1H3. The number of benzene rings is 2. The highest BCUT2D eigenvalue weighted by Gasteiger charge is 2.35. The Labute approximate surface area is 113 Å². The molecule has 96 valence electrons. The molecule has 0 bridgehead atoms. The zero-order valence-corrected chi connectivity index (χ0v) is 10.8. The molecule has 0 fully saturated rings. The lowest BCUT2D eigenvalue weighted by molar-refractivity contribution is 0.202. The molecule has 1 aliphatic rings. The van der Waals surface area contributed by atoms with Gasteiger partial charge in [0.1, 0.15) is 11.5 Å². The van der Waals surface area contributed by atoms with Gasteiger partial charge < -0.3 is 14.0 Å². The molecule has 0 saturated heterocycles. The quantitative estimate of drug-likeness (QED) is 0.781. The van der Waals surface area contributed by atoms with Crippen molar-refractivity contribution in [3.05, 3.63) is 54.1 Å². The minimum atomic E-state index is -0.356. The van der Waals surface area contributed by atoms with Crippen molar-refractivity contribution in [1.82, 2.24) is 0 Å². The zero-order chi connectivity index (χ0) is 13.1. The lowest BCUT2D eigenvalue weighted by Crippen LogP contribution is -2.41. The van der Waals surface area contributed by atoms with Crippen molar-refractivity contribution in [2.75, 3.05) is 13.7 Å². The van der Waals surface area contributed by atoms with Crippen LogP contribution in [0.15, 0.2) is 48.5 Å². The summed E-state index contributed by atoms with van der Waals surface area (Å²) < 4.78 is 16.8. The van der Waals surface area contributed by atoms with Gasteiger partial charge in [0.05, 0.1) is 6.61 Å². The third-order valence-electron chi connectivity index (χ3n) is 3.20. The monoisotopic (exact) mass is 254 g/mol. The highest BCUT2D eigenvalue weighted by atomic mass is 16.6. The van der Waals surface area contributed by atoms with Crippen LogP contribution in [0.25, 0.3) is 0 Å².